The summed E-state index contributed by atoms with van der Waals surface area (Å²) >= 11 is 3.33. The van der Waals surface area contributed by atoms with E-state index in [2.05, 4.69) is 21.2 Å². The van der Waals surface area contributed by atoms with E-state index in [0.29, 0.717) is 29.0 Å². The van der Waals surface area contributed by atoms with Gasteiger partial charge >= 0.3 is 0 Å². The number of aryl methyl sites for hydroxylation is 1. The second-order valence-corrected chi connectivity index (χ2v) is 7.32. The Morgan fingerprint density at radius 2 is 2.17 bits per heavy atom. The molecule has 1 N–H and O–H groups in total. The third-order valence-corrected chi connectivity index (χ3v) is 6.12. The van der Waals surface area contributed by atoms with Crippen LogP contribution in [0.5, 0.6) is 0 Å². The lowest BCUT2D eigenvalue weighted by atomic mass is 10.2. The molecule has 0 amide bonds. The average Bonchev–Trinajstić information content (AvgIpc) is 2.32. The molecule has 0 aromatic heterocycles. The molecule has 0 radical (unpaired) electrons. The molecule has 1 fully saturated rings. The fourth-order valence-electron chi connectivity index (χ4n) is 2.11. The van der Waals surface area contributed by atoms with Gasteiger partial charge in [-0.25, -0.2) is 8.42 Å². The van der Waals surface area contributed by atoms with Crippen LogP contribution in [0.2, 0.25) is 0 Å². The number of hydrogen-bond donors (Lipinski definition) is 1. The van der Waals surface area contributed by atoms with Crippen molar-refractivity contribution in [2.75, 3.05) is 19.6 Å². The van der Waals surface area contributed by atoms with E-state index in [-0.39, 0.29) is 6.04 Å². The molecule has 1 saturated heterocycles. The van der Waals surface area contributed by atoms with E-state index in [0.717, 1.165) is 5.56 Å². The van der Waals surface area contributed by atoms with Gasteiger partial charge in [-0.1, -0.05) is 6.07 Å². The highest BCUT2D eigenvalue weighted by Crippen LogP contribution is 2.27. The minimum atomic E-state index is -3.42. The molecule has 6 heteroatoms. The van der Waals surface area contributed by atoms with Gasteiger partial charge in [0.25, 0.3) is 0 Å². The number of piperazine rings is 1. The van der Waals surface area contributed by atoms with Crippen molar-refractivity contribution in [2.45, 2.75) is 24.8 Å². The third-order valence-electron chi connectivity index (χ3n) is 3.11. The highest BCUT2D eigenvalue weighted by Gasteiger charge is 2.32. The van der Waals surface area contributed by atoms with Crippen LogP contribution in [0, 0.1) is 6.92 Å². The zero-order valence-corrected chi connectivity index (χ0v) is 12.9. The van der Waals surface area contributed by atoms with Crippen LogP contribution in [-0.4, -0.2) is 38.4 Å². The maximum absolute atomic E-state index is 12.6. The first kappa shape index (κ1) is 14.0. The highest BCUT2D eigenvalue weighted by atomic mass is 79.9. The summed E-state index contributed by atoms with van der Waals surface area (Å²) in [5.41, 5.74) is 0.944. The first-order valence-corrected chi connectivity index (χ1v) is 8.15. The molecule has 0 spiro atoms. The van der Waals surface area contributed by atoms with E-state index >= 15 is 0 Å². The van der Waals surface area contributed by atoms with Crippen molar-refractivity contribution in [2.24, 2.45) is 0 Å². The summed E-state index contributed by atoms with van der Waals surface area (Å²) < 4.78 is 27.5. The molecular weight excluding hydrogens is 316 g/mol. The first-order valence-electron chi connectivity index (χ1n) is 5.91. The van der Waals surface area contributed by atoms with Crippen LogP contribution in [0.3, 0.4) is 0 Å². The van der Waals surface area contributed by atoms with Crippen LogP contribution in [0.4, 0.5) is 0 Å². The van der Waals surface area contributed by atoms with Gasteiger partial charge in [-0.2, -0.15) is 4.31 Å². The maximum atomic E-state index is 12.6. The molecule has 0 bridgehead atoms. The average molecular weight is 333 g/mol. The number of nitrogens with one attached hydrogen (secondary N) is 1. The van der Waals surface area contributed by atoms with E-state index in [1.54, 1.807) is 16.4 Å². The lowest BCUT2D eigenvalue weighted by Gasteiger charge is -2.33. The monoisotopic (exact) mass is 332 g/mol. The van der Waals surface area contributed by atoms with Crippen molar-refractivity contribution in [1.82, 2.24) is 9.62 Å². The summed E-state index contributed by atoms with van der Waals surface area (Å²) in [6.45, 7) is 5.74. The second kappa shape index (κ2) is 5.28. The van der Waals surface area contributed by atoms with E-state index < -0.39 is 10.0 Å². The lowest BCUT2D eigenvalue weighted by Crippen LogP contribution is -2.52. The van der Waals surface area contributed by atoms with Gasteiger partial charge in [-0.3, -0.25) is 0 Å². The first-order chi connectivity index (χ1) is 8.43. The van der Waals surface area contributed by atoms with E-state index in [1.807, 2.05) is 19.9 Å². The molecule has 18 heavy (non-hydrogen) atoms. The molecular formula is C12H17BrN2O2S. The fourth-order valence-corrected chi connectivity index (χ4v) is 4.76. The Morgan fingerprint density at radius 3 is 2.83 bits per heavy atom. The molecule has 1 aliphatic rings. The van der Waals surface area contributed by atoms with Crippen molar-refractivity contribution < 1.29 is 8.42 Å². The quantitative estimate of drug-likeness (QED) is 0.897. The van der Waals surface area contributed by atoms with E-state index in [9.17, 15) is 8.42 Å². The standard InChI is InChI=1S/C12H17BrN2O2S/c1-9-3-4-11(13)12(7-9)18(16,17)15-6-5-14-8-10(15)2/h3-4,7,10,14H,5-6,8H2,1-2H3/t10-/m1/s1. The molecule has 2 rings (SSSR count). The molecule has 1 heterocycles. The summed E-state index contributed by atoms with van der Waals surface area (Å²) in [6, 6.07) is 5.38. The zero-order valence-electron chi connectivity index (χ0n) is 10.5. The minimum absolute atomic E-state index is 0.0174. The van der Waals surface area contributed by atoms with Crippen molar-refractivity contribution in [3.63, 3.8) is 0 Å². The lowest BCUT2D eigenvalue weighted by molar-refractivity contribution is 0.283. The van der Waals surface area contributed by atoms with Gasteiger partial charge in [0.15, 0.2) is 0 Å². The zero-order chi connectivity index (χ0) is 13.3. The Kier molecular flexibility index (Phi) is 4.11. The Balaban J connectivity index is 2.44. The van der Waals surface area contributed by atoms with Gasteiger partial charge in [-0.15, -0.1) is 0 Å². The molecule has 0 unspecified atom stereocenters. The largest absolute Gasteiger partial charge is 0.314 e. The minimum Gasteiger partial charge on any atom is -0.314 e. The third kappa shape index (κ3) is 2.61. The van der Waals surface area contributed by atoms with E-state index in [4.69, 9.17) is 0 Å². The van der Waals surface area contributed by atoms with Crippen LogP contribution in [-0.2, 0) is 10.0 Å². The van der Waals surface area contributed by atoms with Crippen LogP contribution in [0.15, 0.2) is 27.6 Å². The Morgan fingerprint density at radius 1 is 1.44 bits per heavy atom. The normalized spacial score (nSPS) is 22.1. The Labute approximate surface area is 117 Å². The number of sulfonamides is 1. The highest BCUT2D eigenvalue weighted by molar-refractivity contribution is 9.10. The van der Waals surface area contributed by atoms with Crippen LogP contribution in [0.25, 0.3) is 0 Å². The smallest absolute Gasteiger partial charge is 0.244 e. The van der Waals surface area contributed by atoms with Crippen molar-refractivity contribution in [3.8, 4) is 0 Å². The Hall–Kier alpha value is -0.430. The van der Waals surface area contributed by atoms with Crippen LogP contribution in [0.1, 0.15) is 12.5 Å². The molecule has 1 aromatic carbocycles. The molecule has 1 atom stereocenters. The van der Waals surface area contributed by atoms with Gasteiger partial charge < -0.3 is 5.32 Å². The van der Waals surface area contributed by atoms with Crippen molar-refractivity contribution in [3.05, 3.63) is 28.2 Å². The summed E-state index contributed by atoms with van der Waals surface area (Å²) in [4.78, 5) is 0.358. The summed E-state index contributed by atoms with van der Waals surface area (Å²) in [5, 5.41) is 3.20. The molecule has 100 valence electrons. The molecule has 1 aromatic rings. The summed E-state index contributed by atoms with van der Waals surface area (Å²) in [7, 11) is -3.42. The Bertz CT molecular complexity index is 545. The fraction of sp³-hybridized carbons (Fsp3) is 0.500. The molecule has 4 nitrogen and oxygen atoms in total. The number of hydrogen-bond acceptors (Lipinski definition) is 3. The van der Waals surface area contributed by atoms with Crippen molar-refractivity contribution >= 4 is 26.0 Å². The number of halogens is 1. The van der Waals surface area contributed by atoms with Gasteiger partial charge in [0, 0.05) is 30.1 Å². The molecule has 0 aliphatic carbocycles. The molecule has 1 aliphatic heterocycles. The van der Waals surface area contributed by atoms with Gasteiger partial charge in [0.05, 0.1) is 4.90 Å². The van der Waals surface area contributed by atoms with Gasteiger partial charge in [-0.05, 0) is 47.5 Å². The van der Waals surface area contributed by atoms with Gasteiger partial charge in [0.1, 0.15) is 0 Å². The summed E-state index contributed by atoms with van der Waals surface area (Å²) in [6.07, 6.45) is 0. The predicted molar refractivity (Wildman–Crippen MR) is 75.1 cm³/mol. The summed E-state index contributed by atoms with van der Waals surface area (Å²) in [5.74, 6) is 0. The topological polar surface area (TPSA) is 49.4 Å². The predicted octanol–water partition coefficient (Wildman–Crippen LogP) is 1.74. The van der Waals surface area contributed by atoms with Gasteiger partial charge in [0.2, 0.25) is 10.0 Å². The SMILES string of the molecule is Cc1ccc(Br)c(S(=O)(=O)N2CCNC[C@H]2C)c1. The number of nitrogens with zero attached hydrogens (tertiary/aromatic N) is 1. The maximum Gasteiger partial charge on any atom is 0.244 e. The van der Waals surface area contributed by atoms with Crippen LogP contribution < -0.4 is 5.32 Å². The van der Waals surface area contributed by atoms with Crippen LogP contribution >= 0.6 is 15.9 Å². The number of benzene rings is 1. The van der Waals surface area contributed by atoms with Crippen molar-refractivity contribution in [1.29, 1.82) is 0 Å². The molecule has 0 saturated carbocycles. The van der Waals surface area contributed by atoms with E-state index in [1.165, 1.54) is 0 Å². The second-order valence-electron chi connectivity index (χ2n) is 4.60. The number of rotatable bonds is 2.